The Balaban J connectivity index is 1.87. The Labute approximate surface area is 89.7 Å². The minimum Gasteiger partial charge on any atom is -0.391 e. The first-order valence-electron chi connectivity index (χ1n) is 5.75. The lowest BCUT2D eigenvalue weighted by molar-refractivity contribution is 0.198. The molecule has 1 aliphatic heterocycles. The van der Waals surface area contributed by atoms with Crippen LogP contribution in [0, 0.1) is 0 Å². The summed E-state index contributed by atoms with van der Waals surface area (Å²) in [7, 11) is 0. The first-order valence-corrected chi connectivity index (χ1v) is 5.75. The summed E-state index contributed by atoms with van der Waals surface area (Å²) in [5.41, 5.74) is 2.69. The van der Waals surface area contributed by atoms with Crippen LogP contribution in [0.1, 0.15) is 24.1 Å². The predicted molar refractivity (Wildman–Crippen MR) is 59.1 cm³/mol. The second-order valence-corrected chi connectivity index (χ2v) is 4.52. The van der Waals surface area contributed by atoms with Gasteiger partial charge in [0.2, 0.25) is 0 Å². The highest BCUT2D eigenvalue weighted by molar-refractivity contribution is 5.44. The molecule has 1 N–H and O–H groups in total. The first-order chi connectivity index (χ1) is 7.33. The number of anilines is 1. The van der Waals surface area contributed by atoms with E-state index in [1.807, 2.05) is 0 Å². The summed E-state index contributed by atoms with van der Waals surface area (Å²) in [5, 5.41) is 9.48. The molecule has 1 fully saturated rings. The Kier molecular flexibility index (Phi) is 2.13. The van der Waals surface area contributed by atoms with Crippen LogP contribution in [0.3, 0.4) is 0 Å². The fourth-order valence-corrected chi connectivity index (χ4v) is 2.54. The molecule has 1 aromatic rings. The molecule has 1 atom stereocenters. The zero-order chi connectivity index (χ0) is 10.3. The van der Waals surface area contributed by atoms with Crippen molar-refractivity contribution in [2.24, 2.45) is 0 Å². The maximum atomic E-state index is 9.48. The van der Waals surface area contributed by atoms with Gasteiger partial charge in [-0.3, -0.25) is 0 Å². The lowest BCUT2D eigenvalue weighted by Crippen LogP contribution is -2.22. The van der Waals surface area contributed by atoms with Gasteiger partial charge in [-0.2, -0.15) is 0 Å². The molecule has 0 spiro atoms. The van der Waals surface area contributed by atoms with Crippen LogP contribution in [0.4, 0.5) is 5.82 Å². The van der Waals surface area contributed by atoms with Crippen LogP contribution in [0.25, 0.3) is 0 Å². The molecule has 3 rings (SSSR count). The number of aryl methyl sites for hydroxylation is 2. The molecule has 0 unspecified atom stereocenters. The molecule has 0 amide bonds. The third-order valence-corrected chi connectivity index (χ3v) is 3.40. The molecule has 0 radical (unpaired) electrons. The zero-order valence-corrected chi connectivity index (χ0v) is 8.82. The molecule has 2 heterocycles. The SMILES string of the molecule is O[C@H]1CCN(c2ccc3c(n2)CCC3)C1. The highest BCUT2D eigenvalue weighted by Gasteiger charge is 2.22. The number of hydrogen-bond donors (Lipinski definition) is 1. The van der Waals surface area contributed by atoms with Crippen molar-refractivity contribution >= 4 is 5.82 Å². The van der Waals surface area contributed by atoms with Crippen molar-refractivity contribution in [3.8, 4) is 0 Å². The Hall–Kier alpha value is -1.09. The Bertz CT molecular complexity index is 378. The van der Waals surface area contributed by atoms with E-state index in [1.54, 1.807) is 0 Å². The molecule has 3 nitrogen and oxygen atoms in total. The number of fused-ring (bicyclic) bond motifs is 1. The van der Waals surface area contributed by atoms with E-state index in [0.717, 1.165) is 31.7 Å². The van der Waals surface area contributed by atoms with Gasteiger partial charge in [0.05, 0.1) is 6.10 Å². The van der Waals surface area contributed by atoms with E-state index >= 15 is 0 Å². The molecule has 3 heteroatoms. The molecule has 0 bridgehead atoms. The maximum Gasteiger partial charge on any atom is 0.128 e. The average Bonchev–Trinajstić information content (AvgIpc) is 2.84. The van der Waals surface area contributed by atoms with E-state index in [1.165, 1.54) is 24.1 Å². The van der Waals surface area contributed by atoms with Crippen molar-refractivity contribution in [1.82, 2.24) is 4.98 Å². The van der Waals surface area contributed by atoms with Gasteiger partial charge in [-0.1, -0.05) is 6.07 Å². The monoisotopic (exact) mass is 204 g/mol. The normalized spacial score (nSPS) is 24.6. The van der Waals surface area contributed by atoms with Crippen LogP contribution in [0.5, 0.6) is 0 Å². The molecule has 80 valence electrons. The van der Waals surface area contributed by atoms with Crippen molar-refractivity contribution in [1.29, 1.82) is 0 Å². The molecule has 15 heavy (non-hydrogen) atoms. The van der Waals surface area contributed by atoms with Crippen LogP contribution in [0.2, 0.25) is 0 Å². The molecule has 0 saturated carbocycles. The summed E-state index contributed by atoms with van der Waals surface area (Å²) in [6.07, 6.45) is 4.26. The molecule has 2 aliphatic rings. The molecule has 0 aromatic carbocycles. The quantitative estimate of drug-likeness (QED) is 0.745. The highest BCUT2D eigenvalue weighted by atomic mass is 16.3. The molecule has 1 saturated heterocycles. The third kappa shape index (κ3) is 1.61. The molecular weight excluding hydrogens is 188 g/mol. The van der Waals surface area contributed by atoms with E-state index in [4.69, 9.17) is 0 Å². The Morgan fingerprint density at radius 1 is 1.33 bits per heavy atom. The Morgan fingerprint density at radius 3 is 3.07 bits per heavy atom. The van der Waals surface area contributed by atoms with Gasteiger partial charge in [0.15, 0.2) is 0 Å². The van der Waals surface area contributed by atoms with Gasteiger partial charge >= 0.3 is 0 Å². The van der Waals surface area contributed by atoms with E-state index in [-0.39, 0.29) is 6.10 Å². The van der Waals surface area contributed by atoms with E-state index in [9.17, 15) is 5.11 Å². The van der Waals surface area contributed by atoms with Gasteiger partial charge < -0.3 is 10.0 Å². The van der Waals surface area contributed by atoms with Crippen LogP contribution in [0.15, 0.2) is 12.1 Å². The van der Waals surface area contributed by atoms with E-state index in [0.29, 0.717) is 0 Å². The number of β-amino-alcohol motifs (C(OH)–C–C–N with tert-alkyl or cyclic N) is 1. The summed E-state index contributed by atoms with van der Waals surface area (Å²) in [4.78, 5) is 6.87. The summed E-state index contributed by atoms with van der Waals surface area (Å²) in [5.74, 6) is 1.05. The first kappa shape index (κ1) is 9.16. The number of hydrogen-bond acceptors (Lipinski definition) is 3. The lowest BCUT2D eigenvalue weighted by atomic mass is 10.2. The highest BCUT2D eigenvalue weighted by Crippen LogP contribution is 2.25. The second-order valence-electron chi connectivity index (χ2n) is 4.52. The minimum absolute atomic E-state index is 0.167. The smallest absolute Gasteiger partial charge is 0.128 e. The zero-order valence-electron chi connectivity index (χ0n) is 8.82. The maximum absolute atomic E-state index is 9.48. The topological polar surface area (TPSA) is 36.4 Å². The van der Waals surface area contributed by atoms with Crippen molar-refractivity contribution in [3.63, 3.8) is 0 Å². The van der Waals surface area contributed by atoms with E-state index in [2.05, 4.69) is 22.0 Å². The predicted octanol–water partition coefficient (Wildman–Crippen LogP) is 1.14. The summed E-state index contributed by atoms with van der Waals surface area (Å²) < 4.78 is 0. The summed E-state index contributed by atoms with van der Waals surface area (Å²) in [6.45, 7) is 1.68. The minimum atomic E-state index is -0.167. The van der Waals surface area contributed by atoms with Gasteiger partial charge in [-0.25, -0.2) is 4.98 Å². The van der Waals surface area contributed by atoms with E-state index < -0.39 is 0 Å². The molecule has 1 aromatic heterocycles. The fourth-order valence-electron chi connectivity index (χ4n) is 2.54. The van der Waals surface area contributed by atoms with Crippen molar-refractivity contribution < 1.29 is 5.11 Å². The van der Waals surface area contributed by atoms with Crippen LogP contribution in [-0.2, 0) is 12.8 Å². The van der Waals surface area contributed by atoms with Gasteiger partial charge in [-0.05, 0) is 37.3 Å². The van der Waals surface area contributed by atoms with Gasteiger partial charge in [0, 0.05) is 18.8 Å². The van der Waals surface area contributed by atoms with Crippen LogP contribution >= 0.6 is 0 Å². The van der Waals surface area contributed by atoms with Gasteiger partial charge in [0.25, 0.3) is 0 Å². The number of rotatable bonds is 1. The summed E-state index contributed by atoms with van der Waals surface area (Å²) in [6, 6.07) is 4.30. The van der Waals surface area contributed by atoms with Crippen LogP contribution in [-0.4, -0.2) is 29.3 Å². The largest absolute Gasteiger partial charge is 0.391 e. The standard InChI is InChI=1S/C12H16N2O/c15-10-6-7-14(8-10)12-5-4-9-2-1-3-11(9)13-12/h4-5,10,15H,1-3,6-8H2/t10-/m0/s1. The third-order valence-electron chi connectivity index (χ3n) is 3.40. The van der Waals surface area contributed by atoms with Crippen molar-refractivity contribution in [3.05, 3.63) is 23.4 Å². The fraction of sp³-hybridized carbons (Fsp3) is 0.583. The molecule has 1 aliphatic carbocycles. The van der Waals surface area contributed by atoms with Crippen molar-refractivity contribution in [2.75, 3.05) is 18.0 Å². The number of pyridine rings is 1. The number of aromatic nitrogens is 1. The van der Waals surface area contributed by atoms with Crippen molar-refractivity contribution in [2.45, 2.75) is 31.8 Å². The molecular formula is C12H16N2O. The number of aliphatic hydroxyl groups is 1. The van der Waals surface area contributed by atoms with Gasteiger partial charge in [0.1, 0.15) is 5.82 Å². The Morgan fingerprint density at radius 2 is 2.27 bits per heavy atom. The van der Waals surface area contributed by atoms with Gasteiger partial charge in [-0.15, -0.1) is 0 Å². The number of nitrogens with zero attached hydrogens (tertiary/aromatic N) is 2. The number of aliphatic hydroxyl groups excluding tert-OH is 1. The second kappa shape index (κ2) is 3.49. The lowest BCUT2D eigenvalue weighted by Gasteiger charge is -2.17. The van der Waals surface area contributed by atoms with Crippen LogP contribution < -0.4 is 4.90 Å². The average molecular weight is 204 g/mol. The summed E-state index contributed by atoms with van der Waals surface area (Å²) >= 11 is 0.